The highest BCUT2D eigenvalue weighted by atomic mass is 31.2. The van der Waals surface area contributed by atoms with Crippen LogP contribution in [0, 0.1) is 0 Å². The first-order valence-electron chi connectivity index (χ1n) is 25.1. The van der Waals surface area contributed by atoms with E-state index < -0.39 is 20.0 Å². The number of nitrogens with one attached hydrogen (secondary N) is 1. The standard InChI is InChI=1S/C49H99N2O6P/c1-6-8-10-12-14-16-18-20-22-24-25-27-29-31-33-35-37-39-41-43-49(53)50-47(46-57-58(54,55)56-45-44-51(3,4)5)48(52)42-40-38-36-34-32-30-28-26-23-21-19-17-15-13-11-9-7-2/h20,22,47-48,52H,6-19,21,23-46H2,1-5H3,(H-,50,53,54,55)/p+1/b22-20-/t47-,48?/m0/s1. The Bertz CT molecular complexity index is 958. The van der Waals surface area contributed by atoms with Gasteiger partial charge in [-0.25, -0.2) is 4.57 Å². The van der Waals surface area contributed by atoms with E-state index >= 15 is 0 Å². The lowest BCUT2D eigenvalue weighted by Gasteiger charge is -2.26. The van der Waals surface area contributed by atoms with Gasteiger partial charge in [0.1, 0.15) is 13.2 Å². The fourth-order valence-corrected chi connectivity index (χ4v) is 8.25. The fourth-order valence-electron chi connectivity index (χ4n) is 7.51. The maximum Gasteiger partial charge on any atom is 0.472 e. The lowest BCUT2D eigenvalue weighted by atomic mass is 10.0. The molecule has 1 amide bonds. The van der Waals surface area contributed by atoms with Gasteiger partial charge in [-0.3, -0.25) is 13.8 Å². The van der Waals surface area contributed by atoms with Crippen LogP contribution in [0.3, 0.4) is 0 Å². The second kappa shape index (κ2) is 41.6. The number of likely N-dealkylation sites (N-methyl/N-ethyl adjacent to an activating group) is 1. The van der Waals surface area contributed by atoms with E-state index in [1.165, 1.54) is 180 Å². The molecule has 58 heavy (non-hydrogen) atoms. The van der Waals surface area contributed by atoms with Gasteiger partial charge in [0.25, 0.3) is 0 Å². The number of unbranched alkanes of at least 4 members (excludes halogenated alkanes) is 31. The summed E-state index contributed by atoms with van der Waals surface area (Å²) in [6.07, 6.45) is 48.1. The molecule has 0 aromatic carbocycles. The number of allylic oxidation sites excluding steroid dienone is 2. The molecule has 0 bridgehead atoms. The van der Waals surface area contributed by atoms with Crippen molar-refractivity contribution >= 4 is 13.7 Å². The summed E-state index contributed by atoms with van der Waals surface area (Å²) in [6.45, 7) is 4.91. The number of phosphoric ester groups is 1. The van der Waals surface area contributed by atoms with Gasteiger partial charge in [0, 0.05) is 6.42 Å². The smallest absolute Gasteiger partial charge is 0.391 e. The second-order valence-corrected chi connectivity index (χ2v) is 20.0. The van der Waals surface area contributed by atoms with Gasteiger partial charge in [0.15, 0.2) is 0 Å². The molecule has 9 heteroatoms. The maximum atomic E-state index is 12.9. The number of carbonyl (C=O) groups is 1. The molecule has 0 fully saturated rings. The van der Waals surface area contributed by atoms with Crippen molar-refractivity contribution in [1.82, 2.24) is 5.32 Å². The highest BCUT2D eigenvalue weighted by molar-refractivity contribution is 7.47. The Morgan fingerprint density at radius 2 is 0.931 bits per heavy atom. The van der Waals surface area contributed by atoms with Crippen molar-refractivity contribution < 1.29 is 32.9 Å². The van der Waals surface area contributed by atoms with Crippen molar-refractivity contribution in [3.8, 4) is 0 Å². The van der Waals surface area contributed by atoms with E-state index in [4.69, 9.17) is 9.05 Å². The van der Waals surface area contributed by atoms with Gasteiger partial charge < -0.3 is 19.8 Å². The first kappa shape index (κ1) is 57.2. The zero-order chi connectivity index (χ0) is 42.8. The minimum Gasteiger partial charge on any atom is -0.391 e. The van der Waals surface area contributed by atoms with Crippen LogP contribution in [-0.2, 0) is 18.4 Å². The molecule has 3 atom stereocenters. The normalized spacial score (nSPS) is 14.3. The molecule has 0 aromatic rings. The largest absolute Gasteiger partial charge is 0.472 e. The third-order valence-electron chi connectivity index (χ3n) is 11.5. The Labute approximate surface area is 361 Å². The summed E-state index contributed by atoms with van der Waals surface area (Å²) < 4.78 is 23.7. The van der Waals surface area contributed by atoms with Gasteiger partial charge in [0.2, 0.25) is 5.91 Å². The van der Waals surface area contributed by atoms with Crippen LogP contribution in [0.5, 0.6) is 0 Å². The van der Waals surface area contributed by atoms with Crippen molar-refractivity contribution in [3.63, 3.8) is 0 Å². The number of nitrogens with zero attached hydrogens (tertiary/aromatic N) is 1. The molecular formula is C49H100N2O6P+. The number of aliphatic hydroxyl groups excluding tert-OH is 1. The molecule has 0 heterocycles. The zero-order valence-corrected chi connectivity index (χ0v) is 40.2. The number of hydrogen-bond donors (Lipinski definition) is 3. The van der Waals surface area contributed by atoms with Crippen LogP contribution < -0.4 is 5.32 Å². The topological polar surface area (TPSA) is 105 Å². The third kappa shape index (κ3) is 43.3. The molecule has 0 aliphatic rings. The fraction of sp³-hybridized carbons (Fsp3) is 0.939. The van der Waals surface area contributed by atoms with E-state index in [2.05, 4.69) is 31.3 Å². The van der Waals surface area contributed by atoms with E-state index in [0.717, 1.165) is 38.5 Å². The van der Waals surface area contributed by atoms with E-state index in [-0.39, 0.29) is 19.1 Å². The Balaban J connectivity index is 4.27. The molecule has 8 nitrogen and oxygen atoms in total. The molecule has 0 rings (SSSR count). The molecule has 0 aliphatic carbocycles. The molecule has 0 aliphatic heterocycles. The minimum atomic E-state index is -4.31. The number of amides is 1. The van der Waals surface area contributed by atoms with Crippen LogP contribution in [-0.4, -0.2) is 73.4 Å². The van der Waals surface area contributed by atoms with Crippen LogP contribution in [0.1, 0.15) is 245 Å². The maximum absolute atomic E-state index is 12.9. The van der Waals surface area contributed by atoms with Gasteiger partial charge in [-0.1, -0.05) is 212 Å². The zero-order valence-electron chi connectivity index (χ0n) is 39.3. The number of aliphatic hydroxyl groups is 1. The highest BCUT2D eigenvalue weighted by Crippen LogP contribution is 2.43. The summed E-state index contributed by atoms with van der Waals surface area (Å²) in [5, 5.41) is 14.0. The highest BCUT2D eigenvalue weighted by Gasteiger charge is 2.28. The van der Waals surface area contributed by atoms with Crippen molar-refractivity contribution in [1.29, 1.82) is 0 Å². The lowest BCUT2D eigenvalue weighted by molar-refractivity contribution is -0.870. The summed E-state index contributed by atoms with van der Waals surface area (Å²) in [6, 6.07) is -0.758. The average Bonchev–Trinajstić information content (AvgIpc) is 3.17. The monoisotopic (exact) mass is 844 g/mol. The SMILES string of the molecule is CCCCCCCC/C=C\CCCCCCCCCCCC(=O)N[C@@H](COP(=O)(O)OCC[N+](C)(C)C)C(O)CCCCCCCCCCCCCCCCCCC. The van der Waals surface area contributed by atoms with E-state index in [1.54, 1.807) is 0 Å². The average molecular weight is 844 g/mol. The first-order chi connectivity index (χ1) is 28.0. The van der Waals surface area contributed by atoms with Crippen LogP contribution in [0.2, 0.25) is 0 Å². The summed E-state index contributed by atoms with van der Waals surface area (Å²) in [5.41, 5.74) is 0. The Kier molecular flexibility index (Phi) is 41.0. The molecule has 2 unspecified atom stereocenters. The Morgan fingerprint density at radius 3 is 1.33 bits per heavy atom. The van der Waals surface area contributed by atoms with E-state index in [1.807, 2.05) is 21.1 Å². The van der Waals surface area contributed by atoms with Crippen LogP contribution in [0.15, 0.2) is 12.2 Å². The molecule has 0 spiro atoms. The molecule has 0 aromatic heterocycles. The number of rotatable bonds is 46. The molecule has 0 saturated heterocycles. The summed E-state index contributed by atoms with van der Waals surface area (Å²) in [4.78, 5) is 23.2. The van der Waals surface area contributed by atoms with Crippen molar-refractivity contribution in [2.45, 2.75) is 257 Å². The van der Waals surface area contributed by atoms with Crippen LogP contribution in [0.4, 0.5) is 0 Å². The number of quaternary nitrogens is 1. The van der Waals surface area contributed by atoms with Crippen molar-refractivity contribution in [2.75, 3.05) is 40.9 Å². The molecule has 3 N–H and O–H groups in total. The van der Waals surface area contributed by atoms with Crippen LogP contribution >= 0.6 is 7.82 Å². The van der Waals surface area contributed by atoms with E-state index in [9.17, 15) is 19.4 Å². The number of phosphoric acid groups is 1. The summed E-state index contributed by atoms with van der Waals surface area (Å²) in [7, 11) is 1.62. The van der Waals surface area contributed by atoms with Gasteiger partial charge in [0.05, 0.1) is 39.9 Å². The Hall–Kier alpha value is -0.760. The lowest BCUT2D eigenvalue weighted by Crippen LogP contribution is -2.46. The number of hydrogen-bond acceptors (Lipinski definition) is 5. The van der Waals surface area contributed by atoms with Crippen LogP contribution in [0.25, 0.3) is 0 Å². The summed E-state index contributed by atoms with van der Waals surface area (Å²) in [5.74, 6) is -0.144. The first-order valence-corrected chi connectivity index (χ1v) is 26.5. The second-order valence-electron chi connectivity index (χ2n) is 18.5. The van der Waals surface area contributed by atoms with E-state index in [0.29, 0.717) is 23.9 Å². The molecule has 346 valence electrons. The minimum absolute atomic E-state index is 0.0765. The molecular weight excluding hydrogens is 744 g/mol. The molecule has 0 saturated carbocycles. The van der Waals surface area contributed by atoms with Crippen molar-refractivity contribution in [2.24, 2.45) is 0 Å². The van der Waals surface area contributed by atoms with Gasteiger partial charge in [-0.2, -0.15) is 0 Å². The molecule has 0 radical (unpaired) electrons. The van der Waals surface area contributed by atoms with Gasteiger partial charge >= 0.3 is 7.82 Å². The summed E-state index contributed by atoms with van der Waals surface area (Å²) >= 11 is 0. The predicted octanol–water partition coefficient (Wildman–Crippen LogP) is 14.3. The third-order valence-corrected chi connectivity index (χ3v) is 12.5. The predicted molar refractivity (Wildman–Crippen MR) is 249 cm³/mol. The quantitative estimate of drug-likeness (QED) is 0.0244. The number of carbonyl (C=O) groups excluding carboxylic acids is 1. The van der Waals surface area contributed by atoms with Crippen molar-refractivity contribution in [3.05, 3.63) is 12.2 Å². The van der Waals surface area contributed by atoms with Gasteiger partial charge in [-0.05, 0) is 38.5 Å². The Morgan fingerprint density at radius 1 is 0.569 bits per heavy atom. The van der Waals surface area contributed by atoms with Gasteiger partial charge in [-0.15, -0.1) is 0 Å².